The number of carbonyl (C=O) groups excluding carboxylic acids is 2. The summed E-state index contributed by atoms with van der Waals surface area (Å²) in [5, 5.41) is 3.79. The van der Waals surface area contributed by atoms with Gasteiger partial charge in [0.2, 0.25) is 5.91 Å². The number of anilines is 1. The first kappa shape index (κ1) is 30.8. The Morgan fingerprint density at radius 2 is 1.73 bits per heavy atom. The first-order valence-electron chi connectivity index (χ1n) is 16.5. The molecule has 9 heteroatoms. The highest BCUT2D eigenvalue weighted by molar-refractivity contribution is 6.74. The number of benzene rings is 2. The quantitative estimate of drug-likeness (QED) is 0.286. The number of aromatic nitrogens is 2. The summed E-state index contributed by atoms with van der Waals surface area (Å²) in [5.41, 5.74) is 5.20. The molecular weight excluding hydrogens is 567 g/mol. The van der Waals surface area contributed by atoms with E-state index in [2.05, 4.69) is 63.4 Å². The first-order valence-corrected chi connectivity index (χ1v) is 19.4. The molecule has 1 aliphatic heterocycles. The second kappa shape index (κ2) is 12.0. The highest BCUT2D eigenvalue weighted by atomic mass is 28.4. The van der Waals surface area contributed by atoms with Gasteiger partial charge in [-0.3, -0.25) is 9.59 Å². The fraction of sp³-hybridized carbons (Fsp3) is 0.571. The summed E-state index contributed by atoms with van der Waals surface area (Å²) in [7, 11) is 0.114. The van der Waals surface area contributed by atoms with Crippen LogP contribution in [0.25, 0.3) is 11.0 Å². The molecule has 1 aromatic heterocycles. The molecule has 2 heterocycles. The average molecular weight is 616 g/mol. The molecule has 8 nitrogen and oxygen atoms in total. The molecule has 3 aliphatic rings. The van der Waals surface area contributed by atoms with E-state index in [0.29, 0.717) is 31.4 Å². The van der Waals surface area contributed by atoms with Crippen LogP contribution in [0.4, 0.5) is 5.69 Å². The monoisotopic (exact) mass is 615 g/mol. The third kappa shape index (κ3) is 6.31. The molecule has 3 fully saturated rings. The molecule has 0 bridgehead atoms. The normalized spacial score (nSPS) is 21.6. The summed E-state index contributed by atoms with van der Waals surface area (Å²) >= 11 is 0. The summed E-state index contributed by atoms with van der Waals surface area (Å²) in [6, 6.07) is 14.9. The Balaban J connectivity index is 1.12. The molecule has 0 atom stereocenters. The molecular formula is C35H49N5O3Si. The van der Waals surface area contributed by atoms with Gasteiger partial charge >= 0.3 is 0 Å². The maximum atomic E-state index is 13.8. The van der Waals surface area contributed by atoms with Crippen molar-refractivity contribution >= 4 is 36.9 Å². The Bertz CT molecular complexity index is 1520. The number of rotatable bonds is 8. The van der Waals surface area contributed by atoms with E-state index in [4.69, 9.17) is 9.41 Å². The largest absolute Gasteiger partial charge is 0.414 e. The molecule has 2 amide bonds. The molecule has 1 N–H and O–H groups in total. The highest BCUT2D eigenvalue weighted by Gasteiger charge is 2.41. The molecule has 3 aromatic rings. The molecule has 44 heavy (non-hydrogen) atoms. The van der Waals surface area contributed by atoms with Crippen molar-refractivity contribution in [2.45, 2.75) is 102 Å². The summed E-state index contributed by atoms with van der Waals surface area (Å²) < 4.78 is 8.59. The smallest absolute Gasteiger partial charge is 0.290 e. The molecule has 1 saturated heterocycles. The van der Waals surface area contributed by atoms with E-state index in [1.165, 1.54) is 24.0 Å². The molecule has 6 rings (SSSR count). The van der Waals surface area contributed by atoms with Crippen LogP contribution in [-0.4, -0.2) is 71.3 Å². The number of nitrogens with one attached hydrogen (secondary N) is 1. The minimum Gasteiger partial charge on any atom is -0.414 e. The van der Waals surface area contributed by atoms with Gasteiger partial charge in [0, 0.05) is 38.8 Å². The van der Waals surface area contributed by atoms with E-state index in [1.54, 1.807) is 4.90 Å². The second-order valence-electron chi connectivity index (χ2n) is 14.7. The van der Waals surface area contributed by atoms with E-state index < -0.39 is 8.32 Å². The summed E-state index contributed by atoms with van der Waals surface area (Å²) in [6.45, 7) is 13.4. The van der Waals surface area contributed by atoms with Crippen LogP contribution in [0, 0.1) is 0 Å². The third-order valence-electron chi connectivity index (χ3n) is 10.5. The zero-order valence-corrected chi connectivity index (χ0v) is 28.4. The van der Waals surface area contributed by atoms with Crippen molar-refractivity contribution in [1.29, 1.82) is 0 Å². The van der Waals surface area contributed by atoms with E-state index in [1.807, 2.05) is 34.7 Å². The number of aryl methyl sites for hydroxylation is 1. The van der Waals surface area contributed by atoms with Crippen molar-refractivity contribution in [3.8, 4) is 0 Å². The van der Waals surface area contributed by atoms with E-state index in [-0.39, 0.29) is 35.5 Å². The maximum Gasteiger partial charge on any atom is 0.290 e. The van der Waals surface area contributed by atoms with Crippen molar-refractivity contribution in [2.24, 2.45) is 7.05 Å². The number of hydrogen-bond donors (Lipinski definition) is 1. The number of amides is 2. The summed E-state index contributed by atoms with van der Waals surface area (Å²) in [4.78, 5) is 35.8. The summed E-state index contributed by atoms with van der Waals surface area (Å²) in [5.74, 6) is 0.828. The van der Waals surface area contributed by atoms with Crippen LogP contribution in [0.15, 0.2) is 42.5 Å². The van der Waals surface area contributed by atoms with E-state index >= 15 is 0 Å². The van der Waals surface area contributed by atoms with Crippen LogP contribution < -0.4 is 5.32 Å². The average Bonchev–Trinajstić information content (AvgIpc) is 3.79. The summed E-state index contributed by atoms with van der Waals surface area (Å²) in [6.07, 6.45) is 6.60. The molecule has 2 saturated carbocycles. The van der Waals surface area contributed by atoms with Crippen molar-refractivity contribution < 1.29 is 14.0 Å². The van der Waals surface area contributed by atoms with Gasteiger partial charge in [-0.2, -0.15) is 0 Å². The Kier molecular flexibility index (Phi) is 8.39. The zero-order chi connectivity index (χ0) is 31.2. The lowest BCUT2D eigenvalue weighted by molar-refractivity contribution is -0.138. The minimum atomic E-state index is -1.81. The van der Waals surface area contributed by atoms with Gasteiger partial charge in [-0.25, -0.2) is 4.98 Å². The van der Waals surface area contributed by atoms with Crippen molar-refractivity contribution in [2.75, 3.05) is 25.0 Å². The molecule has 0 spiro atoms. The molecule has 2 aromatic carbocycles. The third-order valence-corrected chi connectivity index (χ3v) is 15.0. The zero-order valence-electron chi connectivity index (χ0n) is 27.4. The van der Waals surface area contributed by atoms with Gasteiger partial charge in [-0.15, -0.1) is 0 Å². The van der Waals surface area contributed by atoms with Gasteiger partial charge < -0.3 is 24.1 Å². The minimum absolute atomic E-state index is 0.0402. The fourth-order valence-corrected chi connectivity index (χ4v) is 7.96. The number of carbonyl (C=O) groups is 2. The van der Waals surface area contributed by atoms with Crippen molar-refractivity contribution in [3.63, 3.8) is 0 Å². The Morgan fingerprint density at radius 1 is 1.02 bits per heavy atom. The first-order chi connectivity index (χ1) is 20.9. The molecule has 236 valence electrons. The fourth-order valence-electron chi connectivity index (χ4n) is 6.54. The number of piperazine rings is 1. The maximum absolute atomic E-state index is 13.8. The SMILES string of the molecule is Cn1c(C(=O)N2CCN(C3CCC(O[Si](C)(C)C(C)(C)C)CC3)C(=O)C2)nc2c(NCc3ccccc3)cc(C3CC3)cc21. The molecule has 2 aliphatic carbocycles. The van der Waals surface area contributed by atoms with Crippen LogP contribution in [0.1, 0.15) is 87.0 Å². The van der Waals surface area contributed by atoms with Gasteiger partial charge in [0.15, 0.2) is 14.1 Å². The predicted octanol–water partition coefficient (Wildman–Crippen LogP) is 6.68. The number of fused-ring (bicyclic) bond motifs is 1. The van der Waals surface area contributed by atoms with E-state index in [9.17, 15) is 9.59 Å². The van der Waals surface area contributed by atoms with Crippen molar-refractivity contribution in [1.82, 2.24) is 19.4 Å². The molecule has 0 radical (unpaired) electrons. The van der Waals surface area contributed by atoms with Gasteiger partial charge in [-0.1, -0.05) is 51.1 Å². The van der Waals surface area contributed by atoms with Gasteiger partial charge in [-0.05, 0) is 85.8 Å². The number of hydrogen-bond acceptors (Lipinski definition) is 5. The van der Waals surface area contributed by atoms with E-state index in [0.717, 1.165) is 42.4 Å². The Labute approximate surface area is 263 Å². The van der Waals surface area contributed by atoms with Crippen LogP contribution in [0.3, 0.4) is 0 Å². The Morgan fingerprint density at radius 3 is 2.36 bits per heavy atom. The van der Waals surface area contributed by atoms with Crippen molar-refractivity contribution in [3.05, 3.63) is 59.4 Å². The Hall–Kier alpha value is -3.17. The topological polar surface area (TPSA) is 79.7 Å². The van der Waals surface area contributed by atoms with Gasteiger partial charge in [0.25, 0.3) is 5.91 Å². The van der Waals surface area contributed by atoms with Gasteiger partial charge in [0.1, 0.15) is 12.1 Å². The highest BCUT2D eigenvalue weighted by Crippen LogP contribution is 2.43. The van der Waals surface area contributed by atoms with Crippen LogP contribution in [0.2, 0.25) is 18.1 Å². The molecule has 0 unspecified atom stereocenters. The van der Waals surface area contributed by atoms with Crippen LogP contribution >= 0.6 is 0 Å². The lowest BCUT2D eigenvalue weighted by Crippen LogP contribution is -2.56. The lowest BCUT2D eigenvalue weighted by Gasteiger charge is -2.44. The second-order valence-corrected chi connectivity index (χ2v) is 19.4. The van der Waals surface area contributed by atoms with Crippen LogP contribution in [0.5, 0.6) is 0 Å². The van der Waals surface area contributed by atoms with Gasteiger partial charge in [0.05, 0.1) is 11.2 Å². The predicted molar refractivity (Wildman–Crippen MR) is 178 cm³/mol. The number of nitrogens with zero attached hydrogens (tertiary/aromatic N) is 4. The van der Waals surface area contributed by atoms with Crippen LogP contribution in [-0.2, 0) is 22.8 Å². The standard InChI is InChI=1S/C35H49N5O3Si/c1-35(2,3)44(5,6)43-28-16-14-27(15-17-28)40-19-18-39(23-31(40)41)34(42)33-37-32-29(36-22-24-10-8-7-9-11-24)20-26(25-12-13-25)21-30(32)38(33)4/h7-11,20-21,25,27-28,36H,12-19,22-23H2,1-6H3. The number of imidazole rings is 1. The lowest BCUT2D eigenvalue weighted by atomic mass is 9.91.